The van der Waals surface area contributed by atoms with Gasteiger partial charge in [0.05, 0.1) is 5.92 Å². The number of hydrogen-bond donors (Lipinski definition) is 2. The van der Waals surface area contributed by atoms with E-state index in [1.54, 1.807) is 6.08 Å². The van der Waals surface area contributed by atoms with Crippen molar-refractivity contribution in [1.29, 1.82) is 0 Å². The minimum Gasteiger partial charge on any atom is -0.481 e. The van der Waals surface area contributed by atoms with Gasteiger partial charge in [-0.25, -0.2) is 4.79 Å². The first-order valence-electron chi connectivity index (χ1n) is 6.70. The van der Waals surface area contributed by atoms with Crippen LogP contribution in [0.15, 0.2) is 12.2 Å². The van der Waals surface area contributed by atoms with Crippen LogP contribution in [0, 0.1) is 5.92 Å². The summed E-state index contributed by atoms with van der Waals surface area (Å²) in [7, 11) is 0. The predicted molar refractivity (Wildman–Crippen MR) is 70.5 cm³/mol. The Labute approximate surface area is 109 Å². The Bertz CT molecular complexity index is 271. The second-order valence-corrected chi connectivity index (χ2v) is 4.53. The van der Waals surface area contributed by atoms with Crippen molar-refractivity contribution >= 4 is 11.9 Å². The summed E-state index contributed by atoms with van der Waals surface area (Å²) in [5.74, 6) is -1.77. The van der Waals surface area contributed by atoms with E-state index in [4.69, 9.17) is 10.2 Å². The number of carbonyl (C=O) groups is 2. The largest absolute Gasteiger partial charge is 0.481 e. The smallest absolute Gasteiger partial charge is 0.327 e. The van der Waals surface area contributed by atoms with Crippen LogP contribution in [0.2, 0.25) is 0 Å². The normalized spacial score (nSPS) is 12.7. The molecule has 0 fully saturated rings. The Morgan fingerprint density at radius 3 is 2.22 bits per heavy atom. The summed E-state index contributed by atoms with van der Waals surface area (Å²) in [6.07, 6.45) is 10.3. The monoisotopic (exact) mass is 256 g/mol. The summed E-state index contributed by atoms with van der Waals surface area (Å²) < 4.78 is 0. The molecule has 0 amide bonds. The molecule has 0 aliphatic heterocycles. The zero-order valence-corrected chi connectivity index (χ0v) is 11.1. The van der Waals surface area contributed by atoms with Gasteiger partial charge in [0.1, 0.15) is 0 Å². The lowest BCUT2D eigenvalue weighted by atomic mass is 9.98. The van der Waals surface area contributed by atoms with Gasteiger partial charge < -0.3 is 10.2 Å². The van der Waals surface area contributed by atoms with Gasteiger partial charge in [-0.1, -0.05) is 38.7 Å². The first-order valence-corrected chi connectivity index (χ1v) is 6.70. The molecule has 0 spiro atoms. The number of carboxylic acid groups (broad SMARTS) is 2. The second kappa shape index (κ2) is 10.8. The lowest BCUT2D eigenvalue weighted by Crippen LogP contribution is -2.12. The van der Waals surface area contributed by atoms with Gasteiger partial charge in [-0.3, -0.25) is 4.79 Å². The fourth-order valence-corrected chi connectivity index (χ4v) is 1.87. The molecule has 0 aromatic carbocycles. The lowest BCUT2D eigenvalue weighted by Gasteiger charge is -2.08. The van der Waals surface area contributed by atoms with Crippen LogP contribution in [0.4, 0.5) is 0 Å². The number of unbranched alkanes of at least 4 members (excludes halogenated alkanes) is 5. The number of hydrogen-bond acceptors (Lipinski definition) is 2. The quantitative estimate of drug-likeness (QED) is 0.438. The summed E-state index contributed by atoms with van der Waals surface area (Å²) in [6, 6.07) is 0. The zero-order valence-electron chi connectivity index (χ0n) is 11.1. The van der Waals surface area contributed by atoms with Crippen LogP contribution < -0.4 is 0 Å². The van der Waals surface area contributed by atoms with Gasteiger partial charge in [0.25, 0.3) is 0 Å². The van der Waals surface area contributed by atoms with Crippen molar-refractivity contribution in [3.05, 3.63) is 12.2 Å². The zero-order chi connectivity index (χ0) is 13.8. The molecule has 2 N–H and O–H groups in total. The van der Waals surface area contributed by atoms with E-state index < -0.39 is 11.9 Å². The SMILES string of the molecule is CCC(CCCCCCCC=CC(=O)O)C(=O)O. The van der Waals surface area contributed by atoms with E-state index in [1.807, 2.05) is 6.92 Å². The highest BCUT2D eigenvalue weighted by atomic mass is 16.4. The van der Waals surface area contributed by atoms with Gasteiger partial charge in [-0.2, -0.15) is 0 Å². The molecule has 0 rings (SSSR count). The van der Waals surface area contributed by atoms with Crippen molar-refractivity contribution in [2.75, 3.05) is 0 Å². The van der Waals surface area contributed by atoms with Gasteiger partial charge in [-0.15, -0.1) is 0 Å². The van der Waals surface area contributed by atoms with E-state index >= 15 is 0 Å². The molecule has 0 aromatic rings. The predicted octanol–water partition coefficient (Wildman–Crippen LogP) is 3.47. The average Bonchev–Trinajstić information content (AvgIpc) is 2.31. The molecular weight excluding hydrogens is 232 g/mol. The molecule has 104 valence electrons. The highest BCUT2D eigenvalue weighted by Crippen LogP contribution is 2.15. The summed E-state index contributed by atoms with van der Waals surface area (Å²) >= 11 is 0. The molecule has 0 aliphatic carbocycles. The molecule has 0 bridgehead atoms. The number of rotatable bonds is 11. The van der Waals surface area contributed by atoms with E-state index in [-0.39, 0.29) is 5.92 Å². The number of aliphatic carboxylic acids is 2. The van der Waals surface area contributed by atoms with Crippen molar-refractivity contribution < 1.29 is 19.8 Å². The third kappa shape index (κ3) is 9.87. The first kappa shape index (κ1) is 16.7. The molecule has 0 aromatic heterocycles. The Balaban J connectivity index is 3.35. The van der Waals surface area contributed by atoms with Crippen molar-refractivity contribution in [3.8, 4) is 0 Å². The van der Waals surface area contributed by atoms with Crippen LogP contribution in [0.25, 0.3) is 0 Å². The average molecular weight is 256 g/mol. The molecule has 0 radical (unpaired) electrons. The Kier molecular flexibility index (Phi) is 10.0. The summed E-state index contributed by atoms with van der Waals surface area (Å²) in [4.78, 5) is 21.0. The Hall–Kier alpha value is -1.32. The van der Waals surface area contributed by atoms with Crippen LogP contribution >= 0.6 is 0 Å². The van der Waals surface area contributed by atoms with E-state index in [2.05, 4.69) is 0 Å². The molecule has 1 atom stereocenters. The number of allylic oxidation sites excluding steroid dienone is 1. The highest BCUT2D eigenvalue weighted by Gasteiger charge is 2.13. The van der Waals surface area contributed by atoms with Crippen LogP contribution in [0.1, 0.15) is 58.3 Å². The standard InChI is InChI=1S/C14H24O4/c1-2-12(14(17)18)10-8-6-4-3-5-7-9-11-13(15)16/h9,11-12H,2-8,10H2,1H3,(H,15,16)(H,17,18). The van der Waals surface area contributed by atoms with Crippen molar-refractivity contribution in [1.82, 2.24) is 0 Å². The maximum Gasteiger partial charge on any atom is 0.327 e. The maximum atomic E-state index is 10.8. The topological polar surface area (TPSA) is 74.6 Å². The third-order valence-corrected chi connectivity index (χ3v) is 3.03. The van der Waals surface area contributed by atoms with E-state index in [0.717, 1.165) is 44.9 Å². The summed E-state index contributed by atoms with van der Waals surface area (Å²) in [6.45, 7) is 1.91. The van der Waals surface area contributed by atoms with Gasteiger partial charge in [0.15, 0.2) is 0 Å². The molecular formula is C14H24O4. The van der Waals surface area contributed by atoms with Crippen LogP contribution in [0.5, 0.6) is 0 Å². The first-order chi connectivity index (χ1) is 8.57. The molecule has 4 nitrogen and oxygen atoms in total. The van der Waals surface area contributed by atoms with E-state index in [0.29, 0.717) is 6.42 Å². The number of carboxylic acids is 2. The van der Waals surface area contributed by atoms with E-state index in [9.17, 15) is 9.59 Å². The molecule has 18 heavy (non-hydrogen) atoms. The Morgan fingerprint density at radius 2 is 1.67 bits per heavy atom. The molecule has 1 unspecified atom stereocenters. The highest BCUT2D eigenvalue weighted by molar-refractivity contribution is 5.79. The molecule has 0 saturated carbocycles. The van der Waals surface area contributed by atoms with Gasteiger partial charge in [0, 0.05) is 6.08 Å². The molecule has 0 heterocycles. The minimum atomic E-state index is -0.894. The van der Waals surface area contributed by atoms with Crippen molar-refractivity contribution in [3.63, 3.8) is 0 Å². The molecule has 0 aliphatic rings. The second-order valence-electron chi connectivity index (χ2n) is 4.53. The summed E-state index contributed by atoms with van der Waals surface area (Å²) in [5.41, 5.74) is 0. The molecule has 0 saturated heterocycles. The van der Waals surface area contributed by atoms with Crippen LogP contribution in [-0.4, -0.2) is 22.2 Å². The van der Waals surface area contributed by atoms with Crippen LogP contribution in [0.3, 0.4) is 0 Å². The molecule has 4 heteroatoms. The van der Waals surface area contributed by atoms with Gasteiger partial charge >= 0.3 is 11.9 Å². The van der Waals surface area contributed by atoms with E-state index in [1.165, 1.54) is 6.08 Å². The van der Waals surface area contributed by atoms with Gasteiger partial charge in [-0.05, 0) is 25.7 Å². The summed E-state index contributed by atoms with van der Waals surface area (Å²) in [5, 5.41) is 17.2. The Morgan fingerprint density at radius 1 is 1.06 bits per heavy atom. The maximum absolute atomic E-state index is 10.8. The lowest BCUT2D eigenvalue weighted by molar-refractivity contribution is -0.142. The van der Waals surface area contributed by atoms with Crippen molar-refractivity contribution in [2.24, 2.45) is 5.92 Å². The fraction of sp³-hybridized carbons (Fsp3) is 0.714. The fourth-order valence-electron chi connectivity index (χ4n) is 1.87. The third-order valence-electron chi connectivity index (χ3n) is 3.03. The minimum absolute atomic E-state index is 0.191. The van der Waals surface area contributed by atoms with Crippen LogP contribution in [-0.2, 0) is 9.59 Å². The van der Waals surface area contributed by atoms with Crippen molar-refractivity contribution in [2.45, 2.75) is 58.3 Å². The van der Waals surface area contributed by atoms with Gasteiger partial charge in [0.2, 0.25) is 0 Å².